The monoisotopic (exact) mass is 366 g/mol. The van der Waals surface area contributed by atoms with Crippen molar-refractivity contribution in [3.63, 3.8) is 0 Å². The van der Waals surface area contributed by atoms with Crippen LogP contribution in [-0.2, 0) is 18.9 Å². The van der Waals surface area contributed by atoms with Gasteiger partial charge < -0.3 is 11.1 Å². The lowest BCUT2D eigenvalue weighted by atomic mass is 10.2. The Hall–Kier alpha value is -1.37. The molecule has 1 fully saturated rings. The molecule has 1 amide bonds. The van der Waals surface area contributed by atoms with Crippen molar-refractivity contribution >= 4 is 32.3 Å². The number of hydrogen-bond donors (Lipinski definition) is 4. The summed E-state index contributed by atoms with van der Waals surface area (Å²) in [6, 6.07) is 6.53. The Labute approximate surface area is 135 Å². The first-order chi connectivity index (χ1) is 10.8. The molecule has 130 valence electrons. The maximum Gasteiger partial charge on any atom is 0.398 e. The lowest BCUT2D eigenvalue weighted by Gasteiger charge is -2.17. The van der Waals surface area contributed by atoms with E-state index in [9.17, 15) is 13.2 Å². The van der Waals surface area contributed by atoms with Crippen LogP contribution in [0.5, 0.6) is 0 Å². The van der Waals surface area contributed by atoms with E-state index >= 15 is 0 Å². The molecular weight excluding hydrogens is 348 g/mol. The number of nitrogen functional groups attached to an aromatic ring is 1. The fraction of sp³-hybridized carbons (Fsp3) is 0.417. The standard InChI is InChI=1S/C12H18N2O7S2/c13-10-4-1-3-9(7-10)12(15)14-5-2-6-22(21-16)8-11(22)20-23(17,18)19/h1,3-4,7,11,16H,2,5-6,8,13H2,(H,14,15)(H,17,18,19). The summed E-state index contributed by atoms with van der Waals surface area (Å²) in [5.41, 5.74) is 5.66. The molecule has 1 aromatic rings. The number of nitrogens with two attached hydrogens (primary N) is 1. The Morgan fingerprint density at radius 1 is 1.48 bits per heavy atom. The second-order valence-corrected chi connectivity index (χ2v) is 9.21. The molecule has 0 saturated carbocycles. The average molecular weight is 366 g/mol. The zero-order valence-electron chi connectivity index (χ0n) is 12.0. The fourth-order valence-corrected chi connectivity index (χ4v) is 5.55. The van der Waals surface area contributed by atoms with Crippen molar-refractivity contribution in [3.8, 4) is 0 Å². The summed E-state index contributed by atoms with van der Waals surface area (Å²) in [6.07, 6.45) is 0.454. The van der Waals surface area contributed by atoms with E-state index in [-0.39, 0.29) is 11.7 Å². The second kappa shape index (κ2) is 7.03. The van der Waals surface area contributed by atoms with Gasteiger partial charge >= 0.3 is 10.4 Å². The molecule has 2 atom stereocenters. The highest BCUT2D eigenvalue weighted by atomic mass is 32.3. The molecule has 1 aromatic carbocycles. The van der Waals surface area contributed by atoms with Gasteiger partial charge in [0.25, 0.3) is 5.91 Å². The largest absolute Gasteiger partial charge is 0.399 e. The van der Waals surface area contributed by atoms with Crippen molar-refractivity contribution in [2.75, 3.05) is 23.8 Å². The Balaban J connectivity index is 1.76. The summed E-state index contributed by atoms with van der Waals surface area (Å²) < 4.78 is 38.6. The van der Waals surface area contributed by atoms with E-state index in [0.717, 1.165) is 0 Å². The first kappa shape index (κ1) is 18.0. The first-order valence-electron chi connectivity index (χ1n) is 6.66. The van der Waals surface area contributed by atoms with E-state index < -0.39 is 26.1 Å². The van der Waals surface area contributed by atoms with E-state index in [1.54, 1.807) is 24.3 Å². The van der Waals surface area contributed by atoms with Gasteiger partial charge in [0.15, 0.2) is 0 Å². The van der Waals surface area contributed by atoms with Crippen LogP contribution in [0.3, 0.4) is 0 Å². The summed E-state index contributed by atoms with van der Waals surface area (Å²) in [5.74, 6) is 0.265. The van der Waals surface area contributed by atoms with Crippen molar-refractivity contribution in [3.05, 3.63) is 29.8 Å². The van der Waals surface area contributed by atoms with Crippen molar-refractivity contribution in [2.24, 2.45) is 0 Å². The fourth-order valence-electron chi connectivity index (χ4n) is 2.06. The molecule has 9 nitrogen and oxygen atoms in total. The van der Waals surface area contributed by atoms with Gasteiger partial charge in [0.2, 0.25) is 0 Å². The number of amides is 1. The van der Waals surface area contributed by atoms with Gasteiger partial charge in [0, 0.05) is 29.3 Å². The highest BCUT2D eigenvalue weighted by Crippen LogP contribution is 2.69. The molecule has 0 spiro atoms. The highest BCUT2D eigenvalue weighted by Gasteiger charge is 2.54. The van der Waals surface area contributed by atoms with Crippen LogP contribution < -0.4 is 11.1 Å². The quantitative estimate of drug-likeness (QED) is 0.132. The predicted octanol–water partition coefficient (Wildman–Crippen LogP) is 0.757. The van der Waals surface area contributed by atoms with Crippen LogP contribution in [0.2, 0.25) is 0 Å². The number of benzene rings is 1. The van der Waals surface area contributed by atoms with Crippen LogP contribution in [0.4, 0.5) is 5.69 Å². The van der Waals surface area contributed by atoms with E-state index in [1.165, 1.54) is 0 Å². The van der Waals surface area contributed by atoms with Crippen LogP contribution in [-0.4, -0.2) is 47.6 Å². The summed E-state index contributed by atoms with van der Waals surface area (Å²) in [6.45, 7) is 0.310. The van der Waals surface area contributed by atoms with Crippen LogP contribution in [0.25, 0.3) is 0 Å². The number of hydrogen-bond acceptors (Lipinski definition) is 7. The number of rotatable bonds is 8. The van der Waals surface area contributed by atoms with Crippen LogP contribution in [0.1, 0.15) is 16.8 Å². The SMILES string of the molecule is Nc1cccc(C(=O)NCCCS2(OO)CC2OS(=O)(=O)O)c1. The highest BCUT2D eigenvalue weighted by molar-refractivity contribution is 8.36. The topological polar surface area (TPSA) is 148 Å². The normalized spacial score (nSPS) is 26.3. The Kier molecular flexibility index (Phi) is 5.49. The van der Waals surface area contributed by atoms with Gasteiger partial charge in [0.1, 0.15) is 5.44 Å². The minimum atomic E-state index is -4.58. The molecule has 23 heavy (non-hydrogen) atoms. The third kappa shape index (κ3) is 5.06. The molecule has 1 aliphatic heterocycles. The van der Waals surface area contributed by atoms with Gasteiger partial charge in [-0.15, -0.1) is 0 Å². The van der Waals surface area contributed by atoms with Crippen molar-refractivity contribution < 1.29 is 31.5 Å². The molecule has 0 bridgehead atoms. The number of nitrogens with one attached hydrogen (secondary N) is 1. The lowest BCUT2D eigenvalue weighted by Crippen LogP contribution is -2.25. The van der Waals surface area contributed by atoms with Crippen LogP contribution >= 0.6 is 10.3 Å². The van der Waals surface area contributed by atoms with Gasteiger partial charge in [-0.2, -0.15) is 12.8 Å². The minimum absolute atomic E-state index is 0.215. The van der Waals surface area contributed by atoms with E-state index in [0.29, 0.717) is 30.0 Å². The van der Waals surface area contributed by atoms with Gasteiger partial charge in [-0.25, -0.2) is 9.44 Å². The zero-order valence-corrected chi connectivity index (χ0v) is 13.7. The van der Waals surface area contributed by atoms with Crippen LogP contribution in [0.15, 0.2) is 24.3 Å². The molecule has 11 heteroatoms. The maximum atomic E-state index is 11.9. The summed E-state index contributed by atoms with van der Waals surface area (Å²) >= 11 is 0. The predicted molar refractivity (Wildman–Crippen MR) is 85.3 cm³/mol. The summed E-state index contributed by atoms with van der Waals surface area (Å²) in [7, 11) is -6.67. The smallest absolute Gasteiger partial charge is 0.398 e. The molecule has 2 unspecified atom stereocenters. The van der Waals surface area contributed by atoms with Crippen molar-refractivity contribution in [1.82, 2.24) is 5.32 Å². The number of anilines is 1. The number of carbonyl (C=O) groups is 1. The van der Waals surface area contributed by atoms with Crippen molar-refractivity contribution in [1.29, 1.82) is 0 Å². The molecule has 2 rings (SSSR count). The Morgan fingerprint density at radius 3 is 2.83 bits per heavy atom. The molecule has 0 aromatic heterocycles. The lowest BCUT2D eigenvalue weighted by molar-refractivity contribution is -0.122. The molecule has 0 radical (unpaired) electrons. The van der Waals surface area contributed by atoms with E-state index in [1.807, 2.05) is 0 Å². The summed E-state index contributed by atoms with van der Waals surface area (Å²) in [5, 5.41) is 11.6. The first-order valence-corrected chi connectivity index (χ1v) is 9.98. The zero-order chi connectivity index (χ0) is 17.1. The van der Waals surface area contributed by atoms with Crippen molar-refractivity contribution in [2.45, 2.75) is 11.9 Å². The molecule has 5 N–H and O–H groups in total. The van der Waals surface area contributed by atoms with Gasteiger partial charge in [-0.05, 0) is 24.6 Å². The molecular formula is C12H18N2O7S2. The van der Waals surface area contributed by atoms with Gasteiger partial charge in [0.05, 0.1) is 0 Å². The number of carbonyl (C=O) groups excluding carboxylic acids is 1. The molecule has 1 heterocycles. The van der Waals surface area contributed by atoms with Gasteiger partial charge in [-0.3, -0.25) is 9.35 Å². The third-order valence-corrected chi connectivity index (χ3v) is 6.79. The minimum Gasteiger partial charge on any atom is -0.399 e. The Bertz CT molecular complexity index is 682. The van der Waals surface area contributed by atoms with Crippen LogP contribution in [0, 0.1) is 0 Å². The molecule has 1 aliphatic rings. The maximum absolute atomic E-state index is 11.9. The van der Waals surface area contributed by atoms with E-state index in [4.69, 9.17) is 15.5 Å². The van der Waals surface area contributed by atoms with Gasteiger partial charge in [-0.1, -0.05) is 16.4 Å². The second-order valence-electron chi connectivity index (χ2n) is 5.00. The average Bonchev–Trinajstić information content (AvgIpc) is 3.14. The van der Waals surface area contributed by atoms with E-state index in [2.05, 4.69) is 13.8 Å². The Morgan fingerprint density at radius 2 is 2.22 bits per heavy atom. The molecule has 0 aliphatic carbocycles. The molecule has 1 saturated heterocycles. The third-order valence-electron chi connectivity index (χ3n) is 3.26. The summed E-state index contributed by atoms with van der Waals surface area (Å²) in [4.78, 5) is 11.9.